The number of aromatic nitrogens is 3. The van der Waals surface area contributed by atoms with Crippen molar-refractivity contribution in [2.45, 2.75) is 0 Å². The van der Waals surface area contributed by atoms with Gasteiger partial charge in [0.2, 0.25) is 0 Å². The molecule has 0 aliphatic rings. The Morgan fingerprint density at radius 3 is 1.66 bits per heavy atom. The Kier molecular flexibility index (Phi) is 4.46. The van der Waals surface area contributed by atoms with Gasteiger partial charge in [-0.1, -0.05) is 109 Å². The van der Waals surface area contributed by atoms with Crippen LogP contribution < -0.4 is 4.98 Å². The number of pyridine rings is 1. The molecule has 0 saturated heterocycles. The second kappa shape index (κ2) is 7.93. The third-order valence-corrected chi connectivity index (χ3v) is 6.61. The Morgan fingerprint density at radius 1 is 0.486 bits per heavy atom. The van der Waals surface area contributed by atoms with Crippen molar-refractivity contribution in [3.63, 3.8) is 0 Å². The first-order chi connectivity index (χ1) is 17.4. The van der Waals surface area contributed by atoms with Crippen LogP contribution in [0.5, 0.6) is 0 Å². The molecule has 0 atom stereocenters. The van der Waals surface area contributed by atoms with Crippen LogP contribution in [0.3, 0.4) is 0 Å². The van der Waals surface area contributed by atoms with E-state index in [1.54, 1.807) is 0 Å². The number of para-hydroxylation sites is 2. The molecule has 0 bridgehead atoms. The molecule has 0 radical (unpaired) electrons. The molecule has 7 rings (SSSR count). The number of nitrogens with zero attached hydrogens (tertiary/aromatic N) is 3. The molecular formula is C32H20N3-. The number of hydrogen-bond acceptors (Lipinski definition) is 2. The molecule has 35 heavy (non-hydrogen) atoms. The van der Waals surface area contributed by atoms with Crippen molar-refractivity contribution >= 4 is 32.6 Å². The third-order valence-electron chi connectivity index (χ3n) is 6.61. The summed E-state index contributed by atoms with van der Waals surface area (Å²) >= 11 is 0. The van der Waals surface area contributed by atoms with E-state index in [-0.39, 0.29) is 0 Å². The normalized spacial score (nSPS) is 11.4. The van der Waals surface area contributed by atoms with Crippen molar-refractivity contribution in [1.82, 2.24) is 15.0 Å². The Balaban J connectivity index is 1.46. The minimum Gasteiger partial charge on any atom is -0.434 e. The molecule has 0 saturated carbocycles. The number of fused-ring (bicyclic) bond motifs is 3. The first-order valence-electron chi connectivity index (χ1n) is 11.7. The van der Waals surface area contributed by atoms with Crippen molar-refractivity contribution in [1.29, 1.82) is 0 Å². The van der Waals surface area contributed by atoms with Crippen molar-refractivity contribution in [2.75, 3.05) is 0 Å². The number of imidazole rings is 1. The fraction of sp³-hybridized carbons (Fsp3) is 0. The first-order valence-corrected chi connectivity index (χ1v) is 11.7. The van der Waals surface area contributed by atoms with Crippen LogP contribution in [-0.2, 0) is 0 Å². The predicted molar refractivity (Wildman–Crippen MR) is 144 cm³/mol. The summed E-state index contributed by atoms with van der Waals surface area (Å²) in [6.45, 7) is 0. The summed E-state index contributed by atoms with van der Waals surface area (Å²) in [5.41, 5.74) is 7.32. The standard InChI is InChI=1S/C32H20N3/c1-2-10-21(11-3-1)30-23-12-4-6-14-25(23)31(26-15-7-5-13-24(26)30)22-18-19-29(33-20-22)32-34-27-16-8-9-17-28(27)35-32/h1-20H/q-1. The predicted octanol–water partition coefficient (Wildman–Crippen LogP) is 7.89. The zero-order valence-corrected chi connectivity index (χ0v) is 18.9. The van der Waals surface area contributed by atoms with E-state index in [1.807, 2.05) is 36.5 Å². The largest absolute Gasteiger partial charge is 0.434 e. The molecule has 7 aromatic rings. The Labute approximate surface area is 202 Å². The minimum atomic E-state index is 0.659. The first kappa shape index (κ1) is 19.7. The van der Waals surface area contributed by atoms with E-state index in [1.165, 1.54) is 38.2 Å². The maximum atomic E-state index is 4.79. The van der Waals surface area contributed by atoms with Crippen molar-refractivity contribution < 1.29 is 0 Å². The van der Waals surface area contributed by atoms with Crippen LogP contribution in [0.1, 0.15) is 0 Å². The quantitative estimate of drug-likeness (QED) is 0.259. The molecule has 3 nitrogen and oxygen atoms in total. The lowest BCUT2D eigenvalue weighted by molar-refractivity contribution is 1.23. The van der Waals surface area contributed by atoms with E-state index in [4.69, 9.17) is 4.98 Å². The Hall–Kier alpha value is -4.76. The molecule has 0 aliphatic carbocycles. The maximum absolute atomic E-state index is 4.79. The van der Waals surface area contributed by atoms with Gasteiger partial charge >= 0.3 is 0 Å². The molecule has 2 heterocycles. The average Bonchev–Trinajstić information content (AvgIpc) is 3.37. The van der Waals surface area contributed by atoms with Crippen LogP contribution in [0, 0.1) is 0 Å². The van der Waals surface area contributed by atoms with Gasteiger partial charge in [-0.2, -0.15) is 0 Å². The van der Waals surface area contributed by atoms with Crippen LogP contribution in [0.4, 0.5) is 0 Å². The second-order valence-corrected chi connectivity index (χ2v) is 8.68. The van der Waals surface area contributed by atoms with E-state index >= 15 is 0 Å². The lowest BCUT2D eigenvalue weighted by Gasteiger charge is -2.17. The molecule has 0 aliphatic heterocycles. The zero-order valence-electron chi connectivity index (χ0n) is 18.9. The smallest absolute Gasteiger partial charge is 0.0621 e. The number of benzene rings is 5. The highest BCUT2D eigenvalue weighted by Crippen LogP contribution is 2.43. The number of hydrogen-bond donors (Lipinski definition) is 0. The highest BCUT2D eigenvalue weighted by Gasteiger charge is 2.16. The maximum Gasteiger partial charge on any atom is 0.0621 e. The van der Waals surface area contributed by atoms with Crippen molar-refractivity contribution in [2.24, 2.45) is 0 Å². The summed E-state index contributed by atoms with van der Waals surface area (Å²) in [6.07, 6.45) is 1.95. The molecule has 2 aromatic heterocycles. The molecule has 5 aromatic carbocycles. The van der Waals surface area contributed by atoms with Gasteiger partial charge in [0, 0.05) is 11.8 Å². The summed E-state index contributed by atoms with van der Waals surface area (Å²) in [7, 11) is 0. The van der Waals surface area contributed by atoms with Gasteiger partial charge in [0.1, 0.15) is 0 Å². The average molecular weight is 447 g/mol. The van der Waals surface area contributed by atoms with E-state index in [9.17, 15) is 0 Å². The van der Waals surface area contributed by atoms with E-state index < -0.39 is 0 Å². The Bertz CT molecular complexity index is 1740. The van der Waals surface area contributed by atoms with Gasteiger partial charge in [-0.05, 0) is 61.2 Å². The van der Waals surface area contributed by atoms with Gasteiger partial charge in [-0.25, -0.2) is 0 Å². The molecule has 164 valence electrons. The van der Waals surface area contributed by atoms with Crippen LogP contribution in [0.25, 0.3) is 66.4 Å². The van der Waals surface area contributed by atoms with Crippen LogP contribution >= 0.6 is 0 Å². The van der Waals surface area contributed by atoms with E-state index in [0.29, 0.717) is 5.82 Å². The molecular weight excluding hydrogens is 426 g/mol. The molecule has 3 heteroatoms. The second-order valence-electron chi connectivity index (χ2n) is 8.68. The summed E-state index contributed by atoms with van der Waals surface area (Å²) < 4.78 is 0. The number of rotatable bonds is 3. The van der Waals surface area contributed by atoms with Gasteiger partial charge in [-0.15, -0.1) is 0 Å². The van der Waals surface area contributed by atoms with Crippen LogP contribution in [-0.4, -0.2) is 9.97 Å². The Morgan fingerprint density at radius 2 is 1.06 bits per heavy atom. The van der Waals surface area contributed by atoms with Crippen LogP contribution in [0.2, 0.25) is 0 Å². The SMILES string of the molecule is c1ccc(-c2c3ccccc3c(-c3ccc(-c4nc5ccccc5[n-]4)nc3)c3ccccc23)cc1. The summed E-state index contributed by atoms with van der Waals surface area (Å²) in [5, 5.41) is 4.91. The molecule has 0 amide bonds. The lowest BCUT2D eigenvalue weighted by Crippen LogP contribution is -1.92. The van der Waals surface area contributed by atoms with Gasteiger partial charge in [0.05, 0.1) is 5.69 Å². The summed E-state index contributed by atoms with van der Waals surface area (Å²) in [5.74, 6) is 0.659. The lowest BCUT2D eigenvalue weighted by atomic mass is 9.86. The van der Waals surface area contributed by atoms with E-state index in [0.717, 1.165) is 22.3 Å². The summed E-state index contributed by atoms with van der Waals surface area (Å²) in [6, 6.07) is 40.1. The fourth-order valence-electron chi connectivity index (χ4n) is 5.05. The molecule has 0 N–H and O–H groups in total. The zero-order chi connectivity index (χ0) is 23.2. The molecule has 0 unspecified atom stereocenters. The molecule has 0 fully saturated rings. The van der Waals surface area contributed by atoms with Gasteiger partial charge < -0.3 is 9.97 Å². The van der Waals surface area contributed by atoms with Gasteiger partial charge in [0.15, 0.2) is 0 Å². The van der Waals surface area contributed by atoms with Crippen molar-refractivity contribution in [3.8, 4) is 33.8 Å². The van der Waals surface area contributed by atoms with Gasteiger partial charge in [-0.3, -0.25) is 4.98 Å². The van der Waals surface area contributed by atoms with Gasteiger partial charge in [0.25, 0.3) is 0 Å². The van der Waals surface area contributed by atoms with E-state index in [2.05, 4.69) is 94.9 Å². The highest BCUT2D eigenvalue weighted by molar-refractivity contribution is 6.21. The topological polar surface area (TPSA) is 39.9 Å². The third kappa shape index (κ3) is 3.21. The summed E-state index contributed by atoms with van der Waals surface area (Å²) in [4.78, 5) is 14.1. The van der Waals surface area contributed by atoms with Crippen LogP contribution in [0.15, 0.2) is 121 Å². The van der Waals surface area contributed by atoms with Crippen molar-refractivity contribution in [3.05, 3.63) is 121 Å². The monoisotopic (exact) mass is 446 g/mol. The minimum absolute atomic E-state index is 0.659. The molecule has 0 spiro atoms. The fourth-order valence-corrected chi connectivity index (χ4v) is 5.05. The highest BCUT2D eigenvalue weighted by atomic mass is 14.9.